The number of carbonyl (C=O) groups is 1. The number of unbranched alkanes of at least 4 members (excludes halogenated alkanes) is 1. The van der Waals surface area contributed by atoms with E-state index >= 15 is 0 Å². The summed E-state index contributed by atoms with van der Waals surface area (Å²) in [6.07, 6.45) is 7.12. The molecule has 1 aromatic heterocycles. The predicted octanol–water partition coefficient (Wildman–Crippen LogP) is 4.11. The summed E-state index contributed by atoms with van der Waals surface area (Å²) in [4.78, 5) is 12.1. The van der Waals surface area contributed by atoms with Crippen LogP contribution in [-0.2, 0) is 17.8 Å². The summed E-state index contributed by atoms with van der Waals surface area (Å²) in [6, 6.07) is 6.14. The van der Waals surface area contributed by atoms with Crippen LogP contribution in [0.25, 0.3) is 11.4 Å². The lowest BCUT2D eigenvalue weighted by atomic mass is 10.1. The molecule has 1 aromatic carbocycles. The van der Waals surface area contributed by atoms with Crippen LogP contribution in [0.15, 0.2) is 18.2 Å². The second-order valence-corrected chi connectivity index (χ2v) is 6.58. The third-order valence-electron chi connectivity index (χ3n) is 4.64. The summed E-state index contributed by atoms with van der Waals surface area (Å²) in [5.41, 5.74) is 2.96. The molecule has 2 aromatic rings. The van der Waals surface area contributed by atoms with Crippen LogP contribution < -0.4 is 5.32 Å². The molecule has 0 bridgehead atoms. The van der Waals surface area contributed by atoms with E-state index in [2.05, 4.69) is 33.1 Å². The fourth-order valence-corrected chi connectivity index (χ4v) is 3.14. The van der Waals surface area contributed by atoms with Gasteiger partial charge in [-0.15, -0.1) is 10.2 Å². The van der Waals surface area contributed by atoms with Gasteiger partial charge in [-0.3, -0.25) is 4.79 Å². The molecule has 24 heavy (non-hydrogen) atoms. The lowest BCUT2D eigenvalue weighted by molar-refractivity contribution is -0.116. The molecule has 0 saturated heterocycles. The molecule has 0 saturated carbocycles. The fourth-order valence-electron chi connectivity index (χ4n) is 3.14. The van der Waals surface area contributed by atoms with Gasteiger partial charge in [0, 0.05) is 30.6 Å². The Labute approximate surface area is 143 Å². The van der Waals surface area contributed by atoms with Crippen molar-refractivity contribution in [3.05, 3.63) is 29.6 Å². The minimum absolute atomic E-state index is 0.0807. The summed E-state index contributed by atoms with van der Waals surface area (Å²) < 4.78 is 2.24. The van der Waals surface area contributed by atoms with E-state index in [1.165, 1.54) is 19.3 Å². The van der Waals surface area contributed by atoms with Crippen LogP contribution in [0.3, 0.4) is 0 Å². The number of carbonyl (C=O) groups excluding carboxylic acids is 1. The Kier molecular flexibility index (Phi) is 5.28. The molecule has 5 heteroatoms. The van der Waals surface area contributed by atoms with E-state index in [4.69, 9.17) is 0 Å². The van der Waals surface area contributed by atoms with Crippen LogP contribution in [0.5, 0.6) is 0 Å². The zero-order valence-electron chi connectivity index (χ0n) is 14.6. The summed E-state index contributed by atoms with van der Waals surface area (Å²) in [5.74, 6) is 2.07. The van der Waals surface area contributed by atoms with Gasteiger partial charge in [-0.1, -0.05) is 31.9 Å². The molecule has 0 spiro atoms. The minimum atomic E-state index is 0.0807. The molecule has 1 amide bonds. The Morgan fingerprint density at radius 1 is 1.25 bits per heavy atom. The number of nitrogens with one attached hydrogen (secondary N) is 1. The monoisotopic (exact) mass is 326 g/mol. The van der Waals surface area contributed by atoms with E-state index in [9.17, 15) is 4.79 Å². The average molecular weight is 326 g/mol. The summed E-state index contributed by atoms with van der Waals surface area (Å²) in [5, 5.41) is 11.8. The molecule has 128 valence electrons. The van der Waals surface area contributed by atoms with Crippen LogP contribution in [0.1, 0.15) is 56.8 Å². The van der Waals surface area contributed by atoms with E-state index < -0.39 is 0 Å². The molecule has 0 unspecified atom stereocenters. The van der Waals surface area contributed by atoms with Crippen molar-refractivity contribution in [3.63, 3.8) is 0 Å². The SMILES string of the molecule is CCCCC(=O)Nc1cc(-c2nnc3n2CCCCC3)ccc1C. The number of anilines is 1. The number of hydrogen-bond acceptors (Lipinski definition) is 3. The van der Waals surface area contributed by atoms with Crippen molar-refractivity contribution < 1.29 is 4.79 Å². The number of amides is 1. The number of benzene rings is 1. The highest BCUT2D eigenvalue weighted by Gasteiger charge is 2.17. The van der Waals surface area contributed by atoms with E-state index in [1.54, 1.807) is 0 Å². The Balaban J connectivity index is 1.86. The van der Waals surface area contributed by atoms with Crippen LogP contribution in [0.2, 0.25) is 0 Å². The highest BCUT2D eigenvalue weighted by atomic mass is 16.1. The van der Waals surface area contributed by atoms with E-state index in [0.717, 1.165) is 54.3 Å². The van der Waals surface area contributed by atoms with Gasteiger partial charge in [0.05, 0.1) is 0 Å². The van der Waals surface area contributed by atoms with Crippen molar-refractivity contribution in [2.24, 2.45) is 0 Å². The van der Waals surface area contributed by atoms with Crippen LogP contribution in [0.4, 0.5) is 5.69 Å². The average Bonchev–Trinajstić information content (AvgIpc) is 2.83. The first-order valence-electron chi connectivity index (χ1n) is 9.02. The first-order chi connectivity index (χ1) is 11.7. The van der Waals surface area contributed by atoms with Gasteiger partial charge >= 0.3 is 0 Å². The molecule has 3 rings (SSSR count). The van der Waals surface area contributed by atoms with Crippen molar-refractivity contribution in [1.29, 1.82) is 0 Å². The van der Waals surface area contributed by atoms with E-state index in [1.807, 2.05) is 19.1 Å². The van der Waals surface area contributed by atoms with E-state index in [0.29, 0.717) is 6.42 Å². The standard InChI is InChI=1S/C19H26N4O/c1-3-4-9-18(24)20-16-13-15(11-10-14(16)2)19-22-21-17-8-6-5-7-12-23(17)19/h10-11,13H,3-9,12H2,1-2H3,(H,20,24). The number of rotatable bonds is 5. The minimum Gasteiger partial charge on any atom is -0.326 e. The number of aromatic nitrogens is 3. The zero-order chi connectivity index (χ0) is 16.9. The number of fused-ring (bicyclic) bond motifs is 1. The van der Waals surface area contributed by atoms with Gasteiger partial charge in [0.2, 0.25) is 5.91 Å². The molecule has 1 aliphatic heterocycles. The van der Waals surface area contributed by atoms with Gasteiger partial charge in [-0.25, -0.2) is 0 Å². The highest BCUT2D eigenvalue weighted by Crippen LogP contribution is 2.27. The Morgan fingerprint density at radius 3 is 2.96 bits per heavy atom. The number of aryl methyl sites for hydroxylation is 2. The Bertz CT molecular complexity index is 720. The van der Waals surface area contributed by atoms with Gasteiger partial charge in [0.15, 0.2) is 5.82 Å². The largest absolute Gasteiger partial charge is 0.326 e. The van der Waals surface area contributed by atoms with Crippen molar-refractivity contribution in [1.82, 2.24) is 14.8 Å². The third-order valence-corrected chi connectivity index (χ3v) is 4.64. The normalized spacial score (nSPS) is 14.1. The highest BCUT2D eigenvalue weighted by molar-refractivity contribution is 5.92. The summed E-state index contributed by atoms with van der Waals surface area (Å²) >= 11 is 0. The number of nitrogens with zero attached hydrogens (tertiary/aromatic N) is 3. The maximum absolute atomic E-state index is 12.1. The van der Waals surface area contributed by atoms with Gasteiger partial charge in [-0.05, 0) is 37.8 Å². The predicted molar refractivity (Wildman–Crippen MR) is 95.9 cm³/mol. The molecule has 0 aliphatic carbocycles. The molecule has 0 radical (unpaired) electrons. The van der Waals surface area contributed by atoms with Crippen molar-refractivity contribution in [2.45, 2.75) is 65.3 Å². The van der Waals surface area contributed by atoms with Crippen LogP contribution in [0, 0.1) is 6.92 Å². The third kappa shape index (κ3) is 3.66. The molecule has 2 heterocycles. The smallest absolute Gasteiger partial charge is 0.224 e. The molecular formula is C19H26N4O. The van der Waals surface area contributed by atoms with Gasteiger partial charge < -0.3 is 9.88 Å². The second-order valence-electron chi connectivity index (χ2n) is 6.58. The molecular weight excluding hydrogens is 300 g/mol. The quantitative estimate of drug-likeness (QED) is 0.899. The number of hydrogen-bond donors (Lipinski definition) is 1. The van der Waals surface area contributed by atoms with Gasteiger partial charge in [-0.2, -0.15) is 0 Å². The lowest BCUT2D eigenvalue weighted by Crippen LogP contribution is -2.12. The van der Waals surface area contributed by atoms with Crippen LogP contribution in [-0.4, -0.2) is 20.7 Å². The van der Waals surface area contributed by atoms with Gasteiger partial charge in [0.25, 0.3) is 0 Å². The maximum atomic E-state index is 12.1. The lowest BCUT2D eigenvalue weighted by Gasteiger charge is -2.12. The van der Waals surface area contributed by atoms with Crippen LogP contribution >= 0.6 is 0 Å². The van der Waals surface area contributed by atoms with Crippen molar-refractivity contribution in [3.8, 4) is 11.4 Å². The maximum Gasteiger partial charge on any atom is 0.224 e. The van der Waals surface area contributed by atoms with Crippen molar-refractivity contribution in [2.75, 3.05) is 5.32 Å². The summed E-state index contributed by atoms with van der Waals surface area (Å²) in [7, 11) is 0. The van der Waals surface area contributed by atoms with Gasteiger partial charge in [0.1, 0.15) is 5.82 Å². The fraction of sp³-hybridized carbons (Fsp3) is 0.526. The molecule has 1 aliphatic rings. The zero-order valence-corrected chi connectivity index (χ0v) is 14.6. The topological polar surface area (TPSA) is 59.8 Å². The molecule has 0 atom stereocenters. The Morgan fingerprint density at radius 2 is 2.12 bits per heavy atom. The van der Waals surface area contributed by atoms with E-state index in [-0.39, 0.29) is 5.91 Å². The first kappa shape index (κ1) is 16.7. The first-order valence-corrected chi connectivity index (χ1v) is 9.02. The molecule has 0 fully saturated rings. The molecule has 1 N–H and O–H groups in total. The van der Waals surface area contributed by atoms with Crippen molar-refractivity contribution >= 4 is 11.6 Å². The second kappa shape index (κ2) is 7.60. The molecule has 5 nitrogen and oxygen atoms in total. The Hall–Kier alpha value is -2.17. The summed E-state index contributed by atoms with van der Waals surface area (Å²) in [6.45, 7) is 5.09.